The number of amides is 5. The fourth-order valence-electron chi connectivity index (χ4n) is 4.21. The summed E-state index contributed by atoms with van der Waals surface area (Å²) in [5.41, 5.74) is 16.5. The number of benzene rings is 1. The number of hydrogen-bond acceptors (Lipinski definition) is 9. The van der Waals surface area contributed by atoms with Gasteiger partial charge in [-0.2, -0.15) is 0 Å². The van der Waals surface area contributed by atoms with Gasteiger partial charge < -0.3 is 48.5 Å². The average molecular weight is 609 g/mol. The van der Waals surface area contributed by atoms with Gasteiger partial charge in [0.1, 0.15) is 18.2 Å². The van der Waals surface area contributed by atoms with Gasteiger partial charge >= 0.3 is 5.97 Å². The molecule has 0 radical (unpaired) electrons. The lowest BCUT2D eigenvalue weighted by Gasteiger charge is -2.27. The van der Waals surface area contributed by atoms with Crippen molar-refractivity contribution in [2.45, 2.75) is 95.2 Å². The van der Waals surface area contributed by atoms with E-state index >= 15 is 0 Å². The molecule has 0 aliphatic heterocycles. The fourth-order valence-corrected chi connectivity index (χ4v) is 4.21. The van der Waals surface area contributed by atoms with Crippen LogP contribution in [0.1, 0.15) is 70.5 Å². The van der Waals surface area contributed by atoms with Crippen molar-refractivity contribution in [3.05, 3.63) is 35.9 Å². The smallest absolute Gasteiger partial charge is 0.329 e. The number of aliphatic carboxylic acids is 1. The lowest BCUT2D eigenvalue weighted by atomic mass is 10.0. The Morgan fingerprint density at radius 1 is 0.791 bits per heavy atom. The molecule has 0 spiro atoms. The van der Waals surface area contributed by atoms with Crippen molar-refractivity contribution in [1.82, 2.24) is 16.0 Å². The molecule has 0 saturated heterocycles. The third kappa shape index (κ3) is 13.6. The minimum atomic E-state index is -2.36. The van der Waals surface area contributed by atoms with Gasteiger partial charge in [-0.3, -0.25) is 24.0 Å². The maximum Gasteiger partial charge on any atom is 0.329 e. The molecule has 0 aromatic heterocycles. The zero-order valence-corrected chi connectivity index (χ0v) is 24.4. The van der Waals surface area contributed by atoms with E-state index < -0.39 is 78.3 Å². The monoisotopic (exact) mass is 608 g/mol. The van der Waals surface area contributed by atoms with Gasteiger partial charge in [0, 0.05) is 12.5 Å². The topological polar surface area (TPSA) is 277 Å². The molecule has 15 nitrogen and oxygen atoms in total. The molecule has 1 aromatic carbocycles. The standard InChI is InChI=1S/C28H44N6O9/c1-15(2)9-5-3-8-12-17(29)13-20(36)32-18(14-19(30)35)26(40)33-21(24(38)25(31)39)27(41)34-22(28(42)43)23(37)16-10-6-4-7-11-16/h4,6-7,10-11,15,17-18,21-24,37-38H,3,5,8-9,12-14,29H2,1-2H3,(H2,30,35)(H2,31,39)(H,32,36)(H,33,40)(H,34,41)(H,42,43). The van der Waals surface area contributed by atoms with Crippen molar-refractivity contribution < 1.29 is 44.1 Å². The number of aliphatic hydroxyl groups excluding tert-OH is 2. The molecule has 0 fully saturated rings. The van der Waals surface area contributed by atoms with Gasteiger partial charge in [-0.05, 0) is 17.9 Å². The molecule has 5 amide bonds. The summed E-state index contributed by atoms with van der Waals surface area (Å²) in [6.45, 7) is 4.25. The minimum Gasteiger partial charge on any atom is -0.480 e. The van der Waals surface area contributed by atoms with Gasteiger partial charge in [-0.25, -0.2) is 4.79 Å². The molecule has 6 atom stereocenters. The van der Waals surface area contributed by atoms with Crippen LogP contribution in [0.5, 0.6) is 0 Å². The molecule has 0 heterocycles. The highest BCUT2D eigenvalue weighted by molar-refractivity contribution is 5.98. The SMILES string of the molecule is CC(C)CCCCCC(N)CC(=O)NC(CC(N)=O)C(=O)NC(C(=O)NC(C(=O)O)C(O)c1ccccc1)C(O)C(N)=O. The number of rotatable bonds is 20. The van der Waals surface area contributed by atoms with Crippen LogP contribution in [0.15, 0.2) is 30.3 Å². The van der Waals surface area contributed by atoms with Crippen molar-refractivity contribution in [3.8, 4) is 0 Å². The van der Waals surface area contributed by atoms with Crippen molar-refractivity contribution in [2.75, 3.05) is 0 Å². The van der Waals surface area contributed by atoms with E-state index in [2.05, 4.69) is 19.2 Å². The Hall–Kier alpha value is -4.08. The quantitative estimate of drug-likeness (QED) is 0.0757. The predicted molar refractivity (Wildman–Crippen MR) is 154 cm³/mol. The van der Waals surface area contributed by atoms with Crippen LogP contribution in [0.4, 0.5) is 0 Å². The number of aliphatic hydroxyl groups is 2. The van der Waals surface area contributed by atoms with Gasteiger partial charge in [0.25, 0.3) is 0 Å². The Morgan fingerprint density at radius 3 is 1.91 bits per heavy atom. The van der Waals surface area contributed by atoms with E-state index in [1.54, 1.807) is 6.07 Å². The first-order valence-electron chi connectivity index (χ1n) is 14.0. The molecule has 43 heavy (non-hydrogen) atoms. The minimum absolute atomic E-state index is 0.129. The van der Waals surface area contributed by atoms with Crippen molar-refractivity contribution in [2.24, 2.45) is 23.1 Å². The second-order valence-electron chi connectivity index (χ2n) is 10.8. The van der Waals surface area contributed by atoms with Crippen LogP contribution in [-0.4, -0.2) is 81.1 Å². The molecule has 1 rings (SSSR count). The Labute approximate surface area is 249 Å². The zero-order chi connectivity index (χ0) is 32.7. The summed E-state index contributed by atoms with van der Waals surface area (Å²) in [5, 5.41) is 36.7. The Bertz CT molecular complexity index is 1100. The van der Waals surface area contributed by atoms with E-state index in [-0.39, 0.29) is 12.0 Å². The van der Waals surface area contributed by atoms with E-state index in [4.69, 9.17) is 17.2 Å². The van der Waals surface area contributed by atoms with Crippen LogP contribution in [-0.2, 0) is 28.8 Å². The van der Waals surface area contributed by atoms with Crippen molar-refractivity contribution >= 4 is 35.5 Å². The van der Waals surface area contributed by atoms with E-state index in [9.17, 15) is 44.1 Å². The van der Waals surface area contributed by atoms with Gasteiger partial charge in [0.05, 0.1) is 6.42 Å². The first-order chi connectivity index (χ1) is 20.1. The number of carbonyl (C=O) groups excluding carboxylic acids is 5. The normalized spacial score (nSPS) is 15.3. The predicted octanol–water partition coefficient (Wildman–Crippen LogP) is -1.70. The largest absolute Gasteiger partial charge is 0.480 e. The first kappa shape index (κ1) is 36.9. The maximum atomic E-state index is 13.0. The number of carboxylic acid groups (broad SMARTS) is 1. The number of nitrogens with one attached hydrogen (secondary N) is 3. The number of carboxylic acids is 1. The van der Waals surface area contributed by atoms with Crippen LogP contribution in [0, 0.1) is 5.92 Å². The summed E-state index contributed by atoms with van der Waals surface area (Å²) < 4.78 is 0. The number of hydrogen-bond donors (Lipinski definition) is 9. The average Bonchev–Trinajstić information content (AvgIpc) is 2.92. The summed E-state index contributed by atoms with van der Waals surface area (Å²) in [4.78, 5) is 73.8. The van der Waals surface area contributed by atoms with Crippen LogP contribution in [0.3, 0.4) is 0 Å². The van der Waals surface area contributed by atoms with Crippen LogP contribution < -0.4 is 33.2 Å². The van der Waals surface area contributed by atoms with Crippen LogP contribution >= 0.6 is 0 Å². The summed E-state index contributed by atoms with van der Waals surface area (Å²) in [6, 6.07) is 1.15. The number of unbranched alkanes of at least 4 members (excludes halogenated alkanes) is 2. The lowest BCUT2D eigenvalue weighted by molar-refractivity contribution is -0.147. The molecule has 6 unspecified atom stereocenters. The number of carbonyl (C=O) groups is 6. The van der Waals surface area contributed by atoms with Crippen molar-refractivity contribution in [3.63, 3.8) is 0 Å². The van der Waals surface area contributed by atoms with Crippen molar-refractivity contribution in [1.29, 1.82) is 0 Å². The van der Waals surface area contributed by atoms with E-state index in [0.29, 0.717) is 12.3 Å². The molecule has 0 aliphatic rings. The highest BCUT2D eigenvalue weighted by atomic mass is 16.4. The van der Waals surface area contributed by atoms with E-state index in [0.717, 1.165) is 25.7 Å². The van der Waals surface area contributed by atoms with E-state index in [1.807, 2.05) is 10.6 Å². The molecular weight excluding hydrogens is 564 g/mol. The highest BCUT2D eigenvalue weighted by Gasteiger charge is 2.38. The van der Waals surface area contributed by atoms with Gasteiger partial charge in [0.2, 0.25) is 29.5 Å². The first-order valence-corrected chi connectivity index (χ1v) is 14.0. The fraction of sp³-hybridized carbons (Fsp3) is 0.571. The molecule has 0 aliphatic carbocycles. The number of nitrogens with two attached hydrogens (primary N) is 3. The van der Waals surface area contributed by atoms with Crippen LogP contribution in [0.2, 0.25) is 0 Å². The summed E-state index contributed by atoms with van der Waals surface area (Å²) in [5.74, 6) is -6.82. The third-order valence-electron chi connectivity index (χ3n) is 6.57. The molecule has 1 aromatic rings. The molecule has 0 saturated carbocycles. The summed E-state index contributed by atoms with van der Waals surface area (Å²) in [6.07, 6.45) is -0.625. The summed E-state index contributed by atoms with van der Waals surface area (Å²) in [7, 11) is 0. The Kier molecular flexibility index (Phi) is 15.9. The van der Waals surface area contributed by atoms with Crippen LogP contribution in [0.25, 0.3) is 0 Å². The van der Waals surface area contributed by atoms with Gasteiger partial charge in [-0.1, -0.05) is 69.9 Å². The van der Waals surface area contributed by atoms with Gasteiger partial charge in [-0.15, -0.1) is 0 Å². The molecular formula is C28H44N6O9. The number of primary amides is 2. The van der Waals surface area contributed by atoms with E-state index in [1.165, 1.54) is 24.3 Å². The molecule has 12 N–H and O–H groups in total. The third-order valence-corrected chi connectivity index (χ3v) is 6.57. The second kappa shape index (κ2) is 18.5. The molecule has 0 bridgehead atoms. The molecule has 240 valence electrons. The second-order valence-corrected chi connectivity index (χ2v) is 10.8. The highest BCUT2D eigenvalue weighted by Crippen LogP contribution is 2.17. The Morgan fingerprint density at radius 2 is 1.37 bits per heavy atom. The lowest BCUT2D eigenvalue weighted by Crippen LogP contribution is -2.62. The molecule has 15 heteroatoms. The summed E-state index contributed by atoms with van der Waals surface area (Å²) >= 11 is 0. The van der Waals surface area contributed by atoms with Gasteiger partial charge in [0.15, 0.2) is 12.1 Å². The maximum absolute atomic E-state index is 13.0. The Balaban J connectivity index is 2.99. The zero-order valence-electron chi connectivity index (χ0n) is 24.4.